The van der Waals surface area contributed by atoms with Crippen LogP contribution < -0.4 is 9.47 Å². The van der Waals surface area contributed by atoms with Gasteiger partial charge in [-0.3, -0.25) is 4.79 Å². The van der Waals surface area contributed by atoms with Crippen LogP contribution in [0.15, 0.2) is 41.4 Å². The van der Waals surface area contributed by atoms with Gasteiger partial charge in [-0.15, -0.1) is 0 Å². The van der Waals surface area contributed by atoms with Crippen LogP contribution in [-0.2, 0) is 9.84 Å². The molecule has 0 spiro atoms. The van der Waals surface area contributed by atoms with Gasteiger partial charge in [0.25, 0.3) is 5.91 Å². The van der Waals surface area contributed by atoms with Gasteiger partial charge in [0.05, 0.1) is 17.6 Å². The molecule has 0 N–H and O–H groups in total. The zero-order valence-electron chi connectivity index (χ0n) is 15.5. The number of hydrogen-bond acceptors (Lipinski definition) is 7. The Balaban J connectivity index is 1.68. The van der Waals surface area contributed by atoms with Crippen LogP contribution in [-0.4, -0.2) is 61.3 Å². The predicted molar refractivity (Wildman–Crippen MR) is 97.8 cm³/mol. The Morgan fingerprint density at radius 2 is 1.90 bits per heavy atom. The molecule has 2 heterocycles. The van der Waals surface area contributed by atoms with Gasteiger partial charge in [0.1, 0.15) is 6.10 Å². The third-order valence-corrected chi connectivity index (χ3v) is 5.90. The highest BCUT2D eigenvalue weighted by atomic mass is 32.2. The van der Waals surface area contributed by atoms with Crippen LogP contribution >= 0.6 is 0 Å². The van der Waals surface area contributed by atoms with Crippen LogP contribution in [0.5, 0.6) is 11.9 Å². The third-order valence-electron chi connectivity index (χ3n) is 4.47. The molecule has 0 saturated carbocycles. The Morgan fingerprint density at radius 1 is 1.21 bits per heavy atom. The van der Waals surface area contributed by atoms with E-state index in [2.05, 4.69) is 9.97 Å². The Bertz CT molecular complexity index is 979. The zero-order valence-corrected chi connectivity index (χ0v) is 16.3. The van der Waals surface area contributed by atoms with E-state index in [1.165, 1.54) is 36.4 Å². The van der Waals surface area contributed by atoms with Crippen LogP contribution in [0.25, 0.3) is 0 Å². The summed E-state index contributed by atoms with van der Waals surface area (Å²) >= 11 is 0. The average molecular weight is 427 g/mol. The van der Waals surface area contributed by atoms with Crippen LogP contribution in [0.3, 0.4) is 0 Å². The lowest BCUT2D eigenvalue weighted by molar-refractivity contribution is 0.0583. The number of benzene rings is 1. The van der Waals surface area contributed by atoms with Gasteiger partial charge in [-0.05, 0) is 12.1 Å². The fourth-order valence-electron chi connectivity index (χ4n) is 2.99. The van der Waals surface area contributed by atoms with Gasteiger partial charge in [-0.1, -0.05) is 12.1 Å². The van der Waals surface area contributed by atoms with E-state index in [4.69, 9.17) is 9.47 Å². The topological polar surface area (TPSA) is 98.7 Å². The summed E-state index contributed by atoms with van der Waals surface area (Å²) in [6.45, 7) is 0.573. The van der Waals surface area contributed by atoms with Crippen molar-refractivity contribution in [2.75, 3.05) is 20.2 Å². The molecule has 11 heteroatoms. The average Bonchev–Trinajstić information content (AvgIpc) is 2.74. The van der Waals surface area contributed by atoms with E-state index in [9.17, 15) is 22.0 Å². The number of likely N-dealkylation sites (tertiary alicyclic amines) is 1. The molecule has 1 aliphatic rings. The van der Waals surface area contributed by atoms with E-state index in [-0.39, 0.29) is 30.8 Å². The second-order valence-electron chi connectivity index (χ2n) is 6.29. The molecule has 0 unspecified atom stereocenters. The smallest absolute Gasteiger partial charge is 0.341 e. The SMILES string of the molecule is COc1nccc(OC2CCN(C(=O)c3ccccc3S(=O)(=O)C(F)F)CC2)n1. The second-order valence-corrected chi connectivity index (χ2v) is 8.18. The van der Waals surface area contributed by atoms with Gasteiger partial charge in [-0.2, -0.15) is 13.8 Å². The second kappa shape index (κ2) is 8.68. The number of methoxy groups -OCH3 is 1. The van der Waals surface area contributed by atoms with E-state index in [1.807, 2.05) is 0 Å². The maximum atomic E-state index is 12.9. The van der Waals surface area contributed by atoms with Crippen LogP contribution in [0.1, 0.15) is 23.2 Å². The lowest BCUT2D eigenvalue weighted by Gasteiger charge is -2.32. The van der Waals surface area contributed by atoms with Crippen LogP contribution in [0.2, 0.25) is 0 Å². The van der Waals surface area contributed by atoms with Crippen LogP contribution in [0, 0.1) is 0 Å². The van der Waals surface area contributed by atoms with Crippen molar-refractivity contribution in [2.24, 2.45) is 0 Å². The molecule has 1 amide bonds. The summed E-state index contributed by atoms with van der Waals surface area (Å²) in [7, 11) is -3.44. The van der Waals surface area contributed by atoms with Gasteiger partial charge in [0.2, 0.25) is 15.7 Å². The minimum Gasteiger partial charge on any atom is -0.474 e. The van der Waals surface area contributed by atoms with Gasteiger partial charge in [0, 0.05) is 38.2 Å². The molecule has 0 atom stereocenters. The van der Waals surface area contributed by atoms with Gasteiger partial charge >= 0.3 is 11.8 Å². The number of ether oxygens (including phenoxy) is 2. The maximum absolute atomic E-state index is 12.9. The molecule has 0 aliphatic carbocycles. The standard InChI is InChI=1S/C18H19F2N3O5S/c1-27-18-21-9-6-15(22-18)28-12-7-10-23(11-8-12)16(24)13-4-2-3-5-14(13)29(25,26)17(19)20/h2-6,9,12,17H,7-8,10-11H2,1H3. The molecule has 8 nitrogen and oxygen atoms in total. The maximum Gasteiger partial charge on any atom is 0.341 e. The van der Waals surface area contributed by atoms with Gasteiger partial charge in [0.15, 0.2) is 0 Å². The van der Waals surface area contributed by atoms with E-state index >= 15 is 0 Å². The third kappa shape index (κ3) is 4.61. The van der Waals surface area contributed by atoms with E-state index in [0.717, 1.165) is 6.07 Å². The lowest BCUT2D eigenvalue weighted by Crippen LogP contribution is -2.42. The fraction of sp³-hybridized carbons (Fsp3) is 0.389. The highest BCUT2D eigenvalue weighted by Gasteiger charge is 2.33. The first-order chi connectivity index (χ1) is 13.8. The number of alkyl halides is 2. The molecule has 1 fully saturated rings. The molecule has 1 aromatic heterocycles. The molecule has 3 rings (SSSR count). The van der Waals surface area contributed by atoms with Crippen molar-refractivity contribution in [1.29, 1.82) is 0 Å². The van der Waals surface area contributed by atoms with E-state index in [1.54, 1.807) is 6.07 Å². The minimum absolute atomic E-state index is 0.173. The summed E-state index contributed by atoms with van der Waals surface area (Å²) in [6.07, 6.45) is 2.24. The molecule has 1 saturated heterocycles. The zero-order chi connectivity index (χ0) is 21.0. The van der Waals surface area contributed by atoms with E-state index in [0.29, 0.717) is 18.7 Å². The largest absolute Gasteiger partial charge is 0.474 e. The number of rotatable bonds is 6. The molecule has 156 valence electrons. The van der Waals surface area contributed by atoms with Gasteiger partial charge < -0.3 is 14.4 Å². The van der Waals surface area contributed by atoms with Crippen molar-refractivity contribution < 1.29 is 31.5 Å². The summed E-state index contributed by atoms with van der Waals surface area (Å²) in [5, 5.41) is 0. The monoisotopic (exact) mass is 427 g/mol. The molecular formula is C18H19F2N3O5S. The molecule has 1 aromatic carbocycles. The quantitative estimate of drug-likeness (QED) is 0.697. The highest BCUT2D eigenvalue weighted by Crippen LogP contribution is 2.25. The Kier molecular flexibility index (Phi) is 6.26. The number of sulfone groups is 1. The van der Waals surface area contributed by atoms with Crippen molar-refractivity contribution in [3.63, 3.8) is 0 Å². The first-order valence-corrected chi connectivity index (χ1v) is 10.3. The molecular weight excluding hydrogens is 408 g/mol. The molecule has 0 bridgehead atoms. The summed E-state index contributed by atoms with van der Waals surface area (Å²) < 4.78 is 60.4. The van der Waals surface area contributed by atoms with Crippen molar-refractivity contribution in [2.45, 2.75) is 29.6 Å². The number of amides is 1. The first-order valence-electron chi connectivity index (χ1n) is 8.77. The highest BCUT2D eigenvalue weighted by molar-refractivity contribution is 7.91. The van der Waals surface area contributed by atoms with Crippen molar-refractivity contribution in [3.8, 4) is 11.9 Å². The van der Waals surface area contributed by atoms with Crippen LogP contribution in [0.4, 0.5) is 8.78 Å². The number of carbonyl (C=O) groups excluding carboxylic acids is 1. The summed E-state index contributed by atoms with van der Waals surface area (Å²) in [6, 6.07) is 6.77. The molecule has 2 aromatic rings. The first kappa shape index (κ1) is 20.9. The Morgan fingerprint density at radius 3 is 2.55 bits per heavy atom. The lowest BCUT2D eigenvalue weighted by atomic mass is 10.1. The van der Waals surface area contributed by atoms with Gasteiger partial charge in [-0.25, -0.2) is 13.4 Å². The number of nitrogens with zero attached hydrogens (tertiary/aromatic N) is 3. The molecule has 1 aliphatic heterocycles. The summed E-state index contributed by atoms with van der Waals surface area (Å²) in [4.78, 5) is 21.5. The summed E-state index contributed by atoms with van der Waals surface area (Å²) in [5.74, 6) is -3.86. The van der Waals surface area contributed by atoms with E-state index < -0.39 is 26.4 Å². The Hall–Kier alpha value is -2.82. The number of hydrogen-bond donors (Lipinski definition) is 0. The predicted octanol–water partition coefficient (Wildman–Crippen LogP) is 2.17. The molecule has 0 radical (unpaired) electrons. The number of piperidine rings is 1. The number of aromatic nitrogens is 2. The number of halogens is 2. The van der Waals surface area contributed by atoms with Crippen molar-refractivity contribution >= 4 is 15.7 Å². The molecule has 29 heavy (non-hydrogen) atoms. The van der Waals surface area contributed by atoms with Crippen molar-refractivity contribution in [3.05, 3.63) is 42.1 Å². The number of carbonyl (C=O) groups is 1. The fourth-order valence-corrected chi connectivity index (χ4v) is 3.92. The minimum atomic E-state index is -4.88. The summed E-state index contributed by atoms with van der Waals surface area (Å²) in [5.41, 5.74) is -0.257. The van der Waals surface area contributed by atoms with Crippen molar-refractivity contribution in [1.82, 2.24) is 14.9 Å². The normalized spacial score (nSPS) is 15.4. The Labute approximate surface area is 166 Å².